The largest absolute Gasteiger partial charge is 0.309 e. The van der Waals surface area contributed by atoms with E-state index < -0.39 is 0 Å². The Kier molecular flexibility index (Phi) is 8.46. The van der Waals surface area contributed by atoms with Crippen LogP contribution in [0, 0.1) is 0 Å². The van der Waals surface area contributed by atoms with Crippen LogP contribution in [-0.4, -0.2) is 25.8 Å². The Morgan fingerprint density at radius 3 is 1.98 bits per heavy atom. The van der Waals surface area contributed by atoms with Crippen molar-refractivity contribution in [1.29, 1.82) is 0 Å². The number of aliphatic imine (C=N–C) groups is 1. The minimum Gasteiger partial charge on any atom is -0.309 e. The molecule has 0 unspecified atom stereocenters. The first-order chi connectivity index (χ1) is 28.2. The van der Waals surface area contributed by atoms with E-state index in [4.69, 9.17) is 4.98 Å². The van der Waals surface area contributed by atoms with Gasteiger partial charge in [0.05, 0.1) is 39.0 Å². The summed E-state index contributed by atoms with van der Waals surface area (Å²) in [6, 6.07) is 58.3. The zero-order valence-corrected chi connectivity index (χ0v) is 31.4. The van der Waals surface area contributed by atoms with Crippen molar-refractivity contribution < 1.29 is 0 Å². The van der Waals surface area contributed by atoms with Crippen LogP contribution in [0.25, 0.3) is 94.3 Å². The maximum atomic E-state index is 4.95. The van der Waals surface area contributed by atoms with Gasteiger partial charge < -0.3 is 9.13 Å². The molecular formula is C52H37N5. The lowest BCUT2D eigenvalue weighted by atomic mass is 9.96. The molecule has 5 nitrogen and oxygen atoms in total. The Labute approximate surface area is 330 Å². The molecule has 0 bridgehead atoms. The summed E-state index contributed by atoms with van der Waals surface area (Å²) < 4.78 is 4.68. The normalized spacial score (nSPS) is 12.1. The highest BCUT2D eigenvalue weighted by Gasteiger charge is 2.17. The summed E-state index contributed by atoms with van der Waals surface area (Å²) in [5.74, 6) is 0. The van der Waals surface area contributed by atoms with E-state index in [1.54, 1.807) is 0 Å². The van der Waals surface area contributed by atoms with Gasteiger partial charge in [0, 0.05) is 51.1 Å². The fourth-order valence-corrected chi connectivity index (χ4v) is 8.18. The molecular weight excluding hydrogens is 695 g/mol. The first-order valence-corrected chi connectivity index (χ1v) is 19.1. The molecule has 0 aliphatic carbocycles. The Bertz CT molecular complexity index is 3200. The number of para-hydroxylation sites is 2. The van der Waals surface area contributed by atoms with Crippen LogP contribution in [0.5, 0.6) is 0 Å². The standard InChI is InChI=1S/C52H37N5/c1-3-4-19-46(53-2)39-29-38(30-40(31-39)47-20-10-11-27-54-47)35-14-12-17-42(32-35)57-50-26-24-37(34-45(50)52-51(57)22-13-28-55-52)36-23-25-49-44(33-36)43-18-8-9-21-48(43)56(49)41-15-6-5-7-16-41/h3-34H,2H2,1H3/b4-3-,46-19-. The fraction of sp³-hybridized carbons (Fsp3) is 0.0192. The molecule has 0 N–H and O–H groups in total. The van der Waals surface area contributed by atoms with E-state index in [1.807, 2.05) is 61.8 Å². The Morgan fingerprint density at radius 1 is 0.509 bits per heavy atom. The molecule has 270 valence electrons. The summed E-state index contributed by atoms with van der Waals surface area (Å²) >= 11 is 0. The lowest BCUT2D eigenvalue weighted by Crippen LogP contribution is -1.95. The van der Waals surface area contributed by atoms with Crippen LogP contribution in [0.4, 0.5) is 0 Å². The summed E-state index contributed by atoms with van der Waals surface area (Å²) in [7, 11) is 0. The number of aromatic nitrogens is 4. The highest BCUT2D eigenvalue weighted by Crippen LogP contribution is 2.39. The van der Waals surface area contributed by atoms with E-state index in [0.29, 0.717) is 0 Å². The van der Waals surface area contributed by atoms with E-state index in [-0.39, 0.29) is 0 Å². The number of rotatable bonds is 8. The molecule has 0 saturated heterocycles. The topological polar surface area (TPSA) is 48.0 Å². The van der Waals surface area contributed by atoms with Crippen LogP contribution < -0.4 is 0 Å². The van der Waals surface area contributed by atoms with Crippen molar-refractivity contribution in [2.75, 3.05) is 0 Å². The van der Waals surface area contributed by atoms with Crippen molar-refractivity contribution in [3.63, 3.8) is 0 Å². The van der Waals surface area contributed by atoms with E-state index in [0.717, 1.165) is 72.5 Å². The predicted octanol–water partition coefficient (Wildman–Crippen LogP) is 13.3. The number of benzene rings is 6. The quantitative estimate of drug-likeness (QED) is 0.115. The molecule has 57 heavy (non-hydrogen) atoms. The smallest absolute Gasteiger partial charge is 0.0963 e. The lowest BCUT2D eigenvalue weighted by Gasteiger charge is -2.13. The van der Waals surface area contributed by atoms with Gasteiger partial charge in [0.1, 0.15) is 0 Å². The van der Waals surface area contributed by atoms with E-state index in [9.17, 15) is 0 Å². The Morgan fingerprint density at radius 2 is 1.18 bits per heavy atom. The van der Waals surface area contributed by atoms with E-state index >= 15 is 0 Å². The van der Waals surface area contributed by atoms with Gasteiger partial charge in [-0.2, -0.15) is 0 Å². The maximum Gasteiger partial charge on any atom is 0.0963 e. The number of allylic oxidation sites excluding steroid dienone is 3. The molecule has 6 aromatic carbocycles. The van der Waals surface area contributed by atoms with Gasteiger partial charge in [0.2, 0.25) is 0 Å². The van der Waals surface area contributed by atoms with Gasteiger partial charge in [-0.15, -0.1) is 0 Å². The summed E-state index contributed by atoms with van der Waals surface area (Å²) in [4.78, 5) is 14.0. The molecule has 4 heterocycles. The van der Waals surface area contributed by atoms with Crippen molar-refractivity contribution in [2.45, 2.75) is 6.92 Å². The van der Waals surface area contributed by atoms with Gasteiger partial charge in [-0.05, 0) is 139 Å². The van der Waals surface area contributed by atoms with Gasteiger partial charge >= 0.3 is 0 Å². The monoisotopic (exact) mass is 731 g/mol. The predicted molar refractivity (Wildman–Crippen MR) is 239 cm³/mol. The van der Waals surface area contributed by atoms with Crippen molar-refractivity contribution in [3.05, 3.63) is 200 Å². The summed E-state index contributed by atoms with van der Waals surface area (Å²) in [6.07, 6.45) is 9.69. The van der Waals surface area contributed by atoms with Crippen molar-refractivity contribution in [3.8, 4) is 44.9 Å². The Balaban J connectivity index is 1.11. The highest BCUT2D eigenvalue weighted by molar-refractivity contribution is 6.12. The molecule has 0 atom stereocenters. The van der Waals surface area contributed by atoms with Gasteiger partial charge in [0.15, 0.2) is 0 Å². The van der Waals surface area contributed by atoms with E-state index in [2.05, 4.69) is 165 Å². The van der Waals surface area contributed by atoms with Gasteiger partial charge in [-0.1, -0.05) is 78.9 Å². The second-order valence-electron chi connectivity index (χ2n) is 14.2. The third kappa shape index (κ3) is 5.94. The van der Waals surface area contributed by atoms with Gasteiger partial charge in [0.25, 0.3) is 0 Å². The minimum absolute atomic E-state index is 0.800. The fourth-order valence-electron chi connectivity index (χ4n) is 8.18. The zero-order chi connectivity index (χ0) is 38.3. The second kappa shape index (κ2) is 14.2. The van der Waals surface area contributed by atoms with Crippen LogP contribution in [0.1, 0.15) is 12.5 Å². The van der Waals surface area contributed by atoms with Crippen molar-refractivity contribution in [2.24, 2.45) is 4.99 Å². The maximum absolute atomic E-state index is 4.95. The highest BCUT2D eigenvalue weighted by atomic mass is 15.0. The average molecular weight is 732 g/mol. The first-order valence-electron chi connectivity index (χ1n) is 19.1. The third-order valence-corrected chi connectivity index (χ3v) is 10.8. The van der Waals surface area contributed by atoms with Gasteiger partial charge in [-0.25, -0.2) is 0 Å². The average Bonchev–Trinajstić information content (AvgIpc) is 3.79. The number of nitrogens with zero attached hydrogens (tertiary/aromatic N) is 5. The molecule has 0 aliphatic rings. The molecule has 0 amide bonds. The van der Waals surface area contributed by atoms with Gasteiger partial charge in [-0.3, -0.25) is 15.0 Å². The number of pyridine rings is 2. The number of hydrogen-bond acceptors (Lipinski definition) is 3. The zero-order valence-electron chi connectivity index (χ0n) is 31.4. The van der Waals surface area contributed by atoms with Crippen LogP contribution >= 0.6 is 0 Å². The molecule has 10 rings (SSSR count). The molecule has 0 saturated carbocycles. The molecule has 5 heteroatoms. The van der Waals surface area contributed by atoms with Crippen LogP contribution in [0.3, 0.4) is 0 Å². The lowest BCUT2D eigenvalue weighted by molar-refractivity contribution is 1.18. The molecule has 10 aromatic rings. The number of fused-ring (bicyclic) bond motifs is 6. The number of hydrogen-bond donors (Lipinski definition) is 0. The van der Waals surface area contributed by atoms with E-state index in [1.165, 1.54) is 27.4 Å². The Hall–Kier alpha value is -7.63. The molecule has 4 aromatic heterocycles. The first kappa shape index (κ1) is 33.9. The summed E-state index contributed by atoms with van der Waals surface area (Å²) in [5.41, 5.74) is 15.9. The van der Waals surface area contributed by atoms with Crippen LogP contribution in [0.15, 0.2) is 199 Å². The molecule has 0 aliphatic heterocycles. The molecule has 0 fully saturated rings. The summed E-state index contributed by atoms with van der Waals surface area (Å²) in [6.45, 7) is 5.88. The van der Waals surface area contributed by atoms with Crippen LogP contribution in [0.2, 0.25) is 0 Å². The third-order valence-electron chi connectivity index (χ3n) is 10.8. The van der Waals surface area contributed by atoms with Crippen LogP contribution in [-0.2, 0) is 0 Å². The minimum atomic E-state index is 0.800. The molecule has 0 radical (unpaired) electrons. The van der Waals surface area contributed by atoms with Crippen molar-refractivity contribution >= 4 is 56.2 Å². The molecule has 0 spiro atoms. The SMILES string of the molecule is C=N/C(=C\C=C/C)c1cc(-c2cccc(-n3c4ccc(-c5ccc6c(c5)c5ccccc5n6-c5ccccc5)cc4c4ncccc43)c2)cc(-c2ccccn2)c1. The summed E-state index contributed by atoms with van der Waals surface area (Å²) in [5, 5.41) is 3.57. The van der Waals surface area contributed by atoms with Crippen molar-refractivity contribution in [1.82, 2.24) is 19.1 Å². The second-order valence-corrected chi connectivity index (χ2v) is 14.2.